The summed E-state index contributed by atoms with van der Waals surface area (Å²) in [5.41, 5.74) is 2.16. The third-order valence-corrected chi connectivity index (χ3v) is 4.24. The normalized spacial score (nSPS) is 10.4. The molecule has 2 aromatic rings. The first-order valence-corrected chi connectivity index (χ1v) is 9.71. The standard InChI is InChI=1S/C23H28O4/c1-2-3-4-5-9-18-26-22(24)16-17-23(25)27-21-14-12-20(13-15-21)19-10-7-6-8-11-19/h6-8,10-15H,2-5,9,16-18H2,1H3. The summed E-state index contributed by atoms with van der Waals surface area (Å²) in [6.45, 7) is 2.59. The van der Waals surface area contributed by atoms with Crippen LogP contribution in [-0.4, -0.2) is 18.5 Å². The highest BCUT2D eigenvalue weighted by Crippen LogP contribution is 2.22. The predicted molar refractivity (Wildman–Crippen MR) is 106 cm³/mol. The molecular weight excluding hydrogens is 340 g/mol. The van der Waals surface area contributed by atoms with Gasteiger partial charge in [0, 0.05) is 0 Å². The summed E-state index contributed by atoms with van der Waals surface area (Å²) in [6, 6.07) is 17.3. The minimum atomic E-state index is -0.428. The van der Waals surface area contributed by atoms with E-state index in [1.165, 1.54) is 19.3 Å². The molecule has 0 bridgehead atoms. The van der Waals surface area contributed by atoms with Crippen molar-refractivity contribution in [3.8, 4) is 16.9 Å². The lowest BCUT2D eigenvalue weighted by Gasteiger charge is -2.07. The van der Waals surface area contributed by atoms with Gasteiger partial charge in [0.2, 0.25) is 0 Å². The molecular formula is C23H28O4. The van der Waals surface area contributed by atoms with Gasteiger partial charge in [-0.25, -0.2) is 0 Å². The van der Waals surface area contributed by atoms with Crippen LogP contribution in [0.1, 0.15) is 51.9 Å². The maximum absolute atomic E-state index is 11.9. The molecule has 0 radical (unpaired) electrons. The summed E-state index contributed by atoms with van der Waals surface area (Å²) in [5, 5.41) is 0. The van der Waals surface area contributed by atoms with Crippen LogP contribution in [0.4, 0.5) is 0 Å². The van der Waals surface area contributed by atoms with E-state index in [0.29, 0.717) is 12.4 Å². The van der Waals surface area contributed by atoms with E-state index < -0.39 is 5.97 Å². The number of unbranched alkanes of at least 4 members (excludes halogenated alkanes) is 4. The molecule has 4 nitrogen and oxygen atoms in total. The molecule has 0 amide bonds. The largest absolute Gasteiger partial charge is 0.466 e. The van der Waals surface area contributed by atoms with E-state index in [1.54, 1.807) is 12.1 Å². The van der Waals surface area contributed by atoms with Gasteiger partial charge in [0.05, 0.1) is 19.4 Å². The third kappa shape index (κ3) is 8.07. The Morgan fingerprint density at radius 1 is 0.741 bits per heavy atom. The van der Waals surface area contributed by atoms with Crippen LogP contribution in [0, 0.1) is 0 Å². The summed E-state index contributed by atoms with van der Waals surface area (Å²) in [6.07, 6.45) is 5.60. The first-order valence-electron chi connectivity index (χ1n) is 9.71. The number of benzene rings is 2. The molecule has 0 N–H and O–H groups in total. The van der Waals surface area contributed by atoms with Crippen molar-refractivity contribution in [2.45, 2.75) is 51.9 Å². The smallest absolute Gasteiger partial charge is 0.311 e. The molecule has 0 saturated heterocycles. The van der Waals surface area contributed by atoms with Gasteiger partial charge in [-0.05, 0) is 29.7 Å². The highest BCUT2D eigenvalue weighted by Gasteiger charge is 2.10. The summed E-state index contributed by atoms with van der Waals surface area (Å²) in [7, 11) is 0. The monoisotopic (exact) mass is 368 g/mol. The highest BCUT2D eigenvalue weighted by atomic mass is 16.5. The fourth-order valence-electron chi connectivity index (χ4n) is 2.70. The third-order valence-electron chi connectivity index (χ3n) is 4.24. The van der Waals surface area contributed by atoms with E-state index in [1.807, 2.05) is 42.5 Å². The van der Waals surface area contributed by atoms with E-state index >= 15 is 0 Å². The van der Waals surface area contributed by atoms with Gasteiger partial charge in [-0.1, -0.05) is 75.1 Å². The number of hydrogen-bond acceptors (Lipinski definition) is 4. The number of esters is 2. The quantitative estimate of drug-likeness (QED) is 0.296. The Morgan fingerprint density at radius 3 is 2.07 bits per heavy atom. The molecule has 0 spiro atoms. The van der Waals surface area contributed by atoms with Crippen molar-refractivity contribution in [1.82, 2.24) is 0 Å². The van der Waals surface area contributed by atoms with Gasteiger partial charge in [0.25, 0.3) is 0 Å². The van der Waals surface area contributed by atoms with Gasteiger partial charge in [0.1, 0.15) is 5.75 Å². The molecule has 0 atom stereocenters. The van der Waals surface area contributed by atoms with Crippen molar-refractivity contribution in [1.29, 1.82) is 0 Å². The number of rotatable bonds is 11. The minimum Gasteiger partial charge on any atom is -0.466 e. The van der Waals surface area contributed by atoms with Crippen LogP contribution in [0.2, 0.25) is 0 Å². The second-order valence-electron chi connectivity index (χ2n) is 6.50. The molecule has 144 valence electrons. The molecule has 0 saturated carbocycles. The van der Waals surface area contributed by atoms with Gasteiger partial charge in [-0.15, -0.1) is 0 Å². The molecule has 0 aliphatic carbocycles. The molecule has 2 aromatic carbocycles. The van der Waals surface area contributed by atoms with Gasteiger partial charge in [0.15, 0.2) is 0 Å². The summed E-state index contributed by atoms with van der Waals surface area (Å²) in [5.74, 6) is -0.298. The Labute approximate surface area is 161 Å². The van der Waals surface area contributed by atoms with Crippen LogP contribution in [0.15, 0.2) is 54.6 Å². The van der Waals surface area contributed by atoms with Crippen LogP contribution in [0.25, 0.3) is 11.1 Å². The van der Waals surface area contributed by atoms with E-state index in [4.69, 9.17) is 9.47 Å². The molecule has 0 aliphatic rings. The second-order valence-corrected chi connectivity index (χ2v) is 6.50. The van der Waals surface area contributed by atoms with Crippen molar-refractivity contribution in [3.63, 3.8) is 0 Å². The fourth-order valence-corrected chi connectivity index (χ4v) is 2.70. The van der Waals surface area contributed by atoms with Gasteiger partial charge in [-0.2, -0.15) is 0 Å². The van der Waals surface area contributed by atoms with Crippen molar-refractivity contribution in [2.75, 3.05) is 6.61 Å². The Kier molecular flexibility index (Phi) is 9.11. The summed E-state index contributed by atoms with van der Waals surface area (Å²) < 4.78 is 10.4. The lowest BCUT2D eigenvalue weighted by Crippen LogP contribution is -2.12. The Bertz CT molecular complexity index is 692. The lowest BCUT2D eigenvalue weighted by molar-refractivity contribution is -0.147. The molecule has 0 aliphatic heterocycles. The van der Waals surface area contributed by atoms with E-state index in [2.05, 4.69) is 6.92 Å². The zero-order valence-electron chi connectivity index (χ0n) is 16.0. The zero-order valence-corrected chi connectivity index (χ0v) is 16.0. The summed E-state index contributed by atoms with van der Waals surface area (Å²) in [4.78, 5) is 23.6. The predicted octanol–water partition coefficient (Wildman–Crippen LogP) is 5.55. The molecule has 4 heteroatoms. The molecule has 27 heavy (non-hydrogen) atoms. The van der Waals surface area contributed by atoms with Crippen molar-refractivity contribution in [3.05, 3.63) is 54.6 Å². The Morgan fingerprint density at radius 2 is 1.37 bits per heavy atom. The van der Waals surface area contributed by atoms with Gasteiger partial charge in [-0.3, -0.25) is 9.59 Å². The van der Waals surface area contributed by atoms with E-state index in [9.17, 15) is 9.59 Å². The molecule has 0 heterocycles. The molecule has 0 unspecified atom stereocenters. The average Bonchev–Trinajstić information content (AvgIpc) is 2.70. The topological polar surface area (TPSA) is 52.6 Å². The average molecular weight is 368 g/mol. The van der Waals surface area contributed by atoms with Crippen LogP contribution < -0.4 is 4.74 Å². The minimum absolute atomic E-state index is 0.0229. The molecule has 2 rings (SSSR count). The van der Waals surface area contributed by atoms with Gasteiger partial charge < -0.3 is 9.47 Å². The number of carbonyl (C=O) groups excluding carboxylic acids is 2. The van der Waals surface area contributed by atoms with Crippen molar-refractivity contribution >= 4 is 11.9 Å². The van der Waals surface area contributed by atoms with Crippen LogP contribution in [0.5, 0.6) is 5.75 Å². The second kappa shape index (κ2) is 11.9. The maximum atomic E-state index is 11.9. The first-order chi connectivity index (χ1) is 13.2. The number of ether oxygens (including phenoxy) is 2. The van der Waals surface area contributed by atoms with Crippen LogP contribution in [-0.2, 0) is 14.3 Å². The first kappa shape index (κ1) is 20.7. The maximum Gasteiger partial charge on any atom is 0.311 e. The molecule has 0 fully saturated rings. The van der Waals surface area contributed by atoms with Crippen LogP contribution in [0.3, 0.4) is 0 Å². The Hall–Kier alpha value is -2.62. The van der Waals surface area contributed by atoms with Crippen LogP contribution >= 0.6 is 0 Å². The van der Waals surface area contributed by atoms with Crippen molar-refractivity contribution < 1.29 is 19.1 Å². The fraction of sp³-hybridized carbons (Fsp3) is 0.391. The zero-order chi connectivity index (χ0) is 19.3. The van der Waals surface area contributed by atoms with E-state index in [0.717, 1.165) is 24.0 Å². The highest BCUT2D eigenvalue weighted by molar-refractivity contribution is 5.79. The number of carbonyl (C=O) groups is 2. The Balaban J connectivity index is 1.66. The number of hydrogen-bond donors (Lipinski definition) is 0. The van der Waals surface area contributed by atoms with E-state index in [-0.39, 0.29) is 18.8 Å². The summed E-state index contributed by atoms with van der Waals surface area (Å²) >= 11 is 0. The van der Waals surface area contributed by atoms with Crippen molar-refractivity contribution in [2.24, 2.45) is 0 Å². The SMILES string of the molecule is CCCCCCCOC(=O)CCC(=O)Oc1ccc(-c2ccccc2)cc1. The lowest BCUT2D eigenvalue weighted by atomic mass is 10.1. The molecule has 0 aromatic heterocycles. The van der Waals surface area contributed by atoms with Gasteiger partial charge >= 0.3 is 11.9 Å².